The molecule has 4 nitrogen and oxygen atoms in total. The number of fused-ring (bicyclic) bond motifs is 3. The van der Waals surface area contributed by atoms with Crippen LogP contribution < -0.4 is 4.90 Å². The number of ether oxygens (including phenoxy) is 1. The van der Waals surface area contributed by atoms with Gasteiger partial charge in [-0.1, -0.05) is 20.8 Å². The standard InChI is InChI=1S/C22H27FN2O2/c1-5-27-20(26)17-11-24-18-7-6-14(23)8-16(18)19(17)25-13-22(4)10-15(25)9-21(2,3)12-22/h6-8,11,15H,5,9-10,12-13H2,1-4H3/t15-,22-/m0/s1. The van der Waals surface area contributed by atoms with Gasteiger partial charge in [0.05, 0.1) is 17.8 Å². The molecule has 1 aliphatic heterocycles. The lowest BCUT2D eigenvalue weighted by atomic mass is 9.65. The van der Waals surface area contributed by atoms with E-state index in [1.54, 1.807) is 19.2 Å². The van der Waals surface area contributed by atoms with E-state index in [0.717, 1.165) is 31.5 Å². The molecule has 2 aliphatic rings. The van der Waals surface area contributed by atoms with Gasteiger partial charge in [-0.25, -0.2) is 9.18 Å². The molecule has 1 aromatic heterocycles. The van der Waals surface area contributed by atoms with Gasteiger partial charge in [-0.3, -0.25) is 4.98 Å². The first kappa shape index (κ1) is 18.2. The van der Waals surface area contributed by atoms with E-state index in [1.165, 1.54) is 12.1 Å². The summed E-state index contributed by atoms with van der Waals surface area (Å²) in [4.78, 5) is 19.4. The van der Waals surface area contributed by atoms with Gasteiger partial charge in [0.1, 0.15) is 11.4 Å². The second-order valence-corrected chi connectivity index (χ2v) is 9.24. The monoisotopic (exact) mass is 370 g/mol. The highest BCUT2D eigenvalue weighted by Gasteiger charge is 2.50. The Balaban J connectivity index is 1.90. The number of benzene rings is 1. The molecular weight excluding hydrogens is 343 g/mol. The number of esters is 1. The molecule has 1 saturated carbocycles. The fraction of sp³-hybridized carbons (Fsp3) is 0.545. The van der Waals surface area contributed by atoms with Gasteiger partial charge in [-0.2, -0.15) is 0 Å². The van der Waals surface area contributed by atoms with Gasteiger partial charge in [-0.05, 0) is 55.2 Å². The molecule has 2 aromatic rings. The Hall–Kier alpha value is -2.17. The highest BCUT2D eigenvalue weighted by atomic mass is 19.1. The summed E-state index contributed by atoms with van der Waals surface area (Å²) in [6.45, 7) is 9.92. The summed E-state index contributed by atoms with van der Waals surface area (Å²) < 4.78 is 19.4. The SMILES string of the molecule is CCOC(=O)c1cnc2ccc(F)cc2c1N1C[C@@]2(C)C[C@@H]1CC(C)(C)C2. The van der Waals surface area contributed by atoms with Crippen molar-refractivity contribution < 1.29 is 13.9 Å². The maximum absolute atomic E-state index is 14.1. The van der Waals surface area contributed by atoms with Crippen LogP contribution in [0.4, 0.5) is 10.1 Å². The summed E-state index contributed by atoms with van der Waals surface area (Å²) in [5, 5.41) is 0.689. The molecule has 0 unspecified atom stereocenters. The van der Waals surface area contributed by atoms with Gasteiger partial charge in [0, 0.05) is 24.2 Å². The zero-order chi connectivity index (χ0) is 19.4. The first-order chi connectivity index (χ1) is 12.7. The van der Waals surface area contributed by atoms with E-state index < -0.39 is 5.97 Å². The van der Waals surface area contributed by atoms with Crippen LogP contribution in [0.3, 0.4) is 0 Å². The Morgan fingerprint density at radius 1 is 1.33 bits per heavy atom. The van der Waals surface area contributed by atoms with Crippen LogP contribution in [0.25, 0.3) is 10.9 Å². The number of rotatable bonds is 3. The third-order valence-corrected chi connectivity index (χ3v) is 6.00. The summed E-state index contributed by atoms with van der Waals surface area (Å²) in [6, 6.07) is 4.92. The largest absolute Gasteiger partial charge is 0.462 e. The van der Waals surface area contributed by atoms with Crippen LogP contribution in [-0.4, -0.2) is 30.1 Å². The number of carbonyl (C=O) groups is 1. The molecule has 2 atom stereocenters. The van der Waals surface area contributed by atoms with Crippen LogP contribution in [0.2, 0.25) is 0 Å². The topological polar surface area (TPSA) is 42.4 Å². The van der Waals surface area contributed by atoms with E-state index in [-0.39, 0.29) is 16.6 Å². The molecule has 1 aliphatic carbocycles. The number of halogens is 1. The molecule has 1 aromatic carbocycles. The van der Waals surface area contributed by atoms with E-state index >= 15 is 0 Å². The minimum absolute atomic E-state index is 0.196. The molecule has 0 spiro atoms. The van der Waals surface area contributed by atoms with E-state index in [2.05, 4.69) is 30.7 Å². The lowest BCUT2D eigenvalue weighted by molar-refractivity contribution is 0.0526. The predicted octanol–water partition coefficient (Wildman–Crippen LogP) is 4.96. The predicted molar refractivity (Wildman–Crippen MR) is 105 cm³/mol. The Bertz CT molecular complexity index is 911. The third-order valence-electron chi connectivity index (χ3n) is 6.00. The summed E-state index contributed by atoms with van der Waals surface area (Å²) in [7, 11) is 0. The summed E-state index contributed by atoms with van der Waals surface area (Å²) in [5.41, 5.74) is 2.37. The molecule has 0 N–H and O–H groups in total. The molecule has 2 heterocycles. The van der Waals surface area contributed by atoms with Crippen molar-refractivity contribution in [2.45, 2.75) is 53.0 Å². The van der Waals surface area contributed by atoms with Crippen molar-refractivity contribution in [1.29, 1.82) is 0 Å². The van der Waals surface area contributed by atoms with Crippen LogP contribution in [0.1, 0.15) is 57.3 Å². The Labute approximate surface area is 159 Å². The average Bonchev–Trinajstić information content (AvgIpc) is 2.82. The zero-order valence-corrected chi connectivity index (χ0v) is 16.5. The second kappa shape index (κ2) is 6.18. The number of anilines is 1. The number of hydrogen-bond donors (Lipinski definition) is 0. The van der Waals surface area contributed by atoms with Gasteiger partial charge >= 0.3 is 5.97 Å². The van der Waals surface area contributed by atoms with Crippen LogP contribution in [0.15, 0.2) is 24.4 Å². The normalized spacial score (nSPS) is 26.4. The van der Waals surface area contributed by atoms with Crippen molar-refractivity contribution in [2.75, 3.05) is 18.1 Å². The number of nitrogens with zero attached hydrogens (tertiary/aromatic N) is 2. The summed E-state index contributed by atoms with van der Waals surface area (Å²) in [6.07, 6.45) is 4.89. The van der Waals surface area contributed by atoms with E-state index in [9.17, 15) is 9.18 Å². The Morgan fingerprint density at radius 3 is 2.85 bits per heavy atom. The molecule has 0 radical (unpaired) electrons. The zero-order valence-electron chi connectivity index (χ0n) is 16.5. The smallest absolute Gasteiger partial charge is 0.341 e. The van der Waals surface area contributed by atoms with Crippen molar-refractivity contribution in [3.05, 3.63) is 35.8 Å². The van der Waals surface area contributed by atoms with Crippen molar-refractivity contribution >= 4 is 22.6 Å². The molecular formula is C22H27FN2O2. The quantitative estimate of drug-likeness (QED) is 0.717. The van der Waals surface area contributed by atoms with Crippen LogP contribution in [0.5, 0.6) is 0 Å². The summed E-state index contributed by atoms with van der Waals surface area (Å²) >= 11 is 0. The highest BCUT2D eigenvalue weighted by Crippen LogP contribution is 2.54. The van der Waals surface area contributed by atoms with Gasteiger partial charge in [-0.15, -0.1) is 0 Å². The summed E-state index contributed by atoms with van der Waals surface area (Å²) in [5.74, 6) is -0.711. The first-order valence-electron chi connectivity index (χ1n) is 9.73. The van der Waals surface area contributed by atoms with Crippen LogP contribution in [0, 0.1) is 16.6 Å². The average molecular weight is 370 g/mol. The Morgan fingerprint density at radius 2 is 2.11 bits per heavy atom. The fourth-order valence-electron chi connectivity index (χ4n) is 5.54. The first-order valence-corrected chi connectivity index (χ1v) is 9.73. The lowest BCUT2D eigenvalue weighted by Gasteiger charge is -2.39. The number of pyridine rings is 1. The second-order valence-electron chi connectivity index (χ2n) is 9.24. The molecule has 4 rings (SSSR count). The minimum atomic E-state index is -0.392. The third kappa shape index (κ3) is 3.17. The molecule has 27 heavy (non-hydrogen) atoms. The van der Waals surface area contributed by atoms with Crippen LogP contribution >= 0.6 is 0 Å². The van der Waals surface area contributed by atoms with Crippen molar-refractivity contribution in [1.82, 2.24) is 4.98 Å². The highest BCUT2D eigenvalue weighted by molar-refractivity contribution is 6.05. The molecule has 1 saturated heterocycles. The van der Waals surface area contributed by atoms with E-state index in [1.807, 2.05) is 0 Å². The molecule has 2 fully saturated rings. The Kier molecular flexibility index (Phi) is 4.17. The lowest BCUT2D eigenvalue weighted by Crippen LogP contribution is -2.35. The maximum atomic E-state index is 14.1. The molecule has 144 valence electrons. The number of aromatic nitrogens is 1. The number of carbonyl (C=O) groups excluding carboxylic acids is 1. The fourth-order valence-corrected chi connectivity index (χ4v) is 5.54. The van der Waals surface area contributed by atoms with Gasteiger partial charge in [0.15, 0.2) is 0 Å². The molecule has 0 amide bonds. The minimum Gasteiger partial charge on any atom is -0.462 e. The van der Waals surface area contributed by atoms with E-state index in [4.69, 9.17) is 4.74 Å². The van der Waals surface area contributed by atoms with Crippen molar-refractivity contribution in [3.8, 4) is 0 Å². The van der Waals surface area contributed by atoms with Crippen molar-refractivity contribution in [2.24, 2.45) is 10.8 Å². The number of hydrogen-bond acceptors (Lipinski definition) is 4. The van der Waals surface area contributed by atoms with Gasteiger partial charge in [0.2, 0.25) is 0 Å². The van der Waals surface area contributed by atoms with Crippen molar-refractivity contribution in [3.63, 3.8) is 0 Å². The van der Waals surface area contributed by atoms with E-state index in [0.29, 0.717) is 29.1 Å². The molecule has 5 heteroatoms. The van der Waals surface area contributed by atoms with Gasteiger partial charge < -0.3 is 9.64 Å². The molecule has 2 bridgehead atoms. The maximum Gasteiger partial charge on any atom is 0.341 e. The van der Waals surface area contributed by atoms with Gasteiger partial charge in [0.25, 0.3) is 0 Å². The van der Waals surface area contributed by atoms with Crippen LogP contribution in [-0.2, 0) is 4.74 Å².